The van der Waals surface area contributed by atoms with Crippen LogP contribution in [0.5, 0.6) is 5.75 Å². The first kappa shape index (κ1) is 19.0. The van der Waals surface area contributed by atoms with Crippen molar-refractivity contribution in [3.63, 3.8) is 0 Å². The zero-order valence-electron chi connectivity index (χ0n) is 14.5. The highest BCUT2D eigenvalue weighted by atomic mass is 16.5. The molecular formula is C17H20N4O5. The number of methoxy groups -OCH3 is 1. The van der Waals surface area contributed by atoms with Gasteiger partial charge in [-0.15, -0.1) is 0 Å². The maximum Gasteiger partial charge on any atom is 0.265 e. The lowest BCUT2D eigenvalue weighted by Gasteiger charge is -2.13. The molecule has 0 radical (unpaired) electrons. The molecule has 0 atom stereocenters. The third-order valence-corrected chi connectivity index (χ3v) is 3.43. The van der Waals surface area contributed by atoms with Crippen LogP contribution in [0.4, 0.5) is 11.4 Å². The summed E-state index contributed by atoms with van der Waals surface area (Å²) in [4.78, 5) is 46.7. The second kappa shape index (κ2) is 8.65. The first-order valence-electron chi connectivity index (χ1n) is 8.01. The van der Waals surface area contributed by atoms with Crippen LogP contribution < -0.4 is 26.5 Å². The van der Waals surface area contributed by atoms with Crippen LogP contribution in [0.3, 0.4) is 0 Å². The minimum Gasteiger partial charge on any atom is -0.494 e. The molecule has 0 aliphatic carbocycles. The molecule has 9 heteroatoms. The number of benzene rings is 1. The maximum atomic E-state index is 12.1. The summed E-state index contributed by atoms with van der Waals surface area (Å²) < 4.78 is 6.14. The van der Waals surface area contributed by atoms with Crippen molar-refractivity contribution in [1.82, 2.24) is 9.78 Å². The van der Waals surface area contributed by atoms with E-state index < -0.39 is 17.0 Å². The van der Waals surface area contributed by atoms with E-state index in [0.29, 0.717) is 23.5 Å². The molecule has 2 rings (SSSR count). The SMILES string of the molecule is CCCC(=O)Nc1ccc(NC(=O)Cn2[nH]c(=O)ccc2=O)cc1OC. The van der Waals surface area contributed by atoms with Gasteiger partial charge in [-0.2, -0.15) is 0 Å². The second-order valence-corrected chi connectivity index (χ2v) is 5.50. The first-order chi connectivity index (χ1) is 12.4. The largest absolute Gasteiger partial charge is 0.494 e. The molecule has 0 fully saturated rings. The van der Waals surface area contributed by atoms with Crippen molar-refractivity contribution >= 4 is 23.2 Å². The van der Waals surface area contributed by atoms with E-state index in [4.69, 9.17) is 4.74 Å². The molecule has 2 aromatic rings. The maximum absolute atomic E-state index is 12.1. The van der Waals surface area contributed by atoms with E-state index >= 15 is 0 Å². The zero-order chi connectivity index (χ0) is 19.1. The Balaban J connectivity index is 2.10. The lowest BCUT2D eigenvalue weighted by Crippen LogP contribution is -2.32. The fraction of sp³-hybridized carbons (Fsp3) is 0.294. The molecule has 0 aliphatic rings. The van der Waals surface area contributed by atoms with Crippen molar-refractivity contribution in [3.8, 4) is 5.75 Å². The standard InChI is InChI=1S/C17H20N4O5/c1-3-4-14(22)19-12-6-5-11(9-13(12)26-2)18-16(24)10-21-17(25)8-7-15(23)20-21/h5-9H,3-4,10H2,1-2H3,(H,18,24)(H,19,22)(H,20,23). The summed E-state index contributed by atoms with van der Waals surface area (Å²) in [6, 6.07) is 6.93. The topological polar surface area (TPSA) is 122 Å². The second-order valence-electron chi connectivity index (χ2n) is 5.50. The molecule has 138 valence electrons. The Morgan fingerprint density at radius 2 is 1.88 bits per heavy atom. The molecule has 0 saturated heterocycles. The summed E-state index contributed by atoms with van der Waals surface area (Å²) in [6.45, 7) is 1.56. The van der Waals surface area contributed by atoms with E-state index in [2.05, 4.69) is 15.7 Å². The number of carbonyl (C=O) groups is 2. The molecule has 1 aromatic carbocycles. The summed E-state index contributed by atoms with van der Waals surface area (Å²) >= 11 is 0. The summed E-state index contributed by atoms with van der Waals surface area (Å²) in [5, 5.41) is 7.61. The smallest absolute Gasteiger partial charge is 0.265 e. The van der Waals surface area contributed by atoms with E-state index in [1.54, 1.807) is 18.2 Å². The minimum atomic E-state index is -0.501. The Hall–Kier alpha value is -3.36. The van der Waals surface area contributed by atoms with Gasteiger partial charge in [0.1, 0.15) is 12.3 Å². The molecular weight excluding hydrogens is 340 g/mol. The predicted molar refractivity (Wildman–Crippen MR) is 96.5 cm³/mol. The van der Waals surface area contributed by atoms with Gasteiger partial charge in [0.15, 0.2) is 0 Å². The van der Waals surface area contributed by atoms with E-state index in [9.17, 15) is 19.2 Å². The number of rotatable bonds is 7. The average molecular weight is 360 g/mol. The number of nitrogens with one attached hydrogen (secondary N) is 3. The number of hydrogen-bond donors (Lipinski definition) is 3. The molecule has 26 heavy (non-hydrogen) atoms. The Morgan fingerprint density at radius 3 is 2.58 bits per heavy atom. The molecule has 2 amide bonds. The average Bonchev–Trinajstić information content (AvgIpc) is 2.59. The van der Waals surface area contributed by atoms with Gasteiger partial charge in [0.2, 0.25) is 11.8 Å². The van der Waals surface area contributed by atoms with E-state index in [-0.39, 0.29) is 12.5 Å². The lowest BCUT2D eigenvalue weighted by molar-refractivity contribution is -0.117. The highest BCUT2D eigenvalue weighted by molar-refractivity contribution is 5.94. The van der Waals surface area contributed by atoms with Crippen LogP contribution in [0, 0.1) is 0 Å². The summed E-state index contributed by atoms with van der Waals surface area (Å²) in [5.74, 6) is -0.244. The van der Waals surface area contributed by atoms with E-state index in [1.807, 2.05) is 6.92 Å². The molecule has 0 unspecified atom stereocenters. The molecule has 0 spiro atoms. The monoisotopic (exact) mass is 360 g/mol. The molecule has 1 heterocycles. The highest BCUT2D eigenvalue weighted by Gasteiger charge is 2.10. The van der Waals surface area contributed by atoms with Crippen molar-refractivity contribution in [1.29, 1.82) is 0 Å². The van der Waals surface area contributed by atoms with Gasteiger partial charge in [-0.3, -0.25) is 24.3 Å². The molecule has 0 aliphatic heterocycles. The van der Waals surface area contributed by atoms with Crippen molar-refractivity contribution in [2.45, 2.75) is 26.3 Å². The van der Waals surface area contributed by atoms with Crippen molar-refractivity contribution in [3.05, 3.63) is 51.0 Å². The Kier molecular flexibility index (Phi) is 6.31. The number of aromatic amines is 1. The van der Waals surface area contributed by atoms with Crippen molar-refractivity contribution in [2.24, 2.45) is 0 Å². The van der Waals surface area contributed by atoms with Crippen LogP contribution in [0.1, 0.15) is 19.8 Å². The van der Waals surface area contributed by atoms with Gasteiger partial charge in [-0.1, -0.05) is 6.92 Å². The quantitative estimate of drug-likeness (QED) is 0.678. The van der Waals surface area contributed by atoms with Gasteiger partial charge in [-0.05, 0) is 18.6 Å². The van der Waals surface area contributed by atoms with E-state index in [0.717, 1.165) is 23.2 Å². The molecule has 1 aromatic heterocycles. The number of nitrogens with zero attached hydrogens (tertiary/aromatic N) is 1. The zero-order valence-corrected chi connectivity index (χ0v) is 14.5. The number of amides is 2. The van der Waals surface area contributed by atoms with Gasteiger partial charge in [-0.25, -0.2) is 4.68 Å². The summed E-state index contributed by atoms with van der Waals surface area (Å²) in [7, 11) is 1.45. The first-order valence-corrected chi connectivity index (χ1v) is 8.01. The lowest BCUT2D eigenvalue weighted by atomic mass is 10.2. The van der Waals surface area contributed by atoms with Gasteiger partial charge in [0.05, 0.1) is 12.8 Å². The highest BCUT2D eigenvalue weighted by Crippen LogP contribution is 2.28. The number of aromatic nitrogens is 2. The number of ether oxygens (including phenoxy) is 1. The summed E-state index contributed by atoms with van der Waals surface area (Å²) in [6.07, 6.45) is 1.12. The van der Waals surface area contributed by atoms with Crippen LogP contribution in [-0.4, -0.2) is 28.7 Å². The number of anilines is 2. The van der Waals surface area contributed by atoms with Crippen LogP contribution in [-0.2, 0) is 16.1 Å². The van der Waals surface area contributed by atoms with Gasteiger partial charge >= 0.3 is 0 Å². The van der Waals surface area contributed by atoms with Crippen molar-refractivity contribution < 1.29 is 14.3 Å². The summed E-state index contributed by atoms with van der Waals surface area (Å²) in [5.41, 5.74) is -0.0585. The molecule has 0 bridgehead atoms. The Bertz CT molecular complexity index is 916. The number of H-pyrrole nitrogens is 1. The van der Waals surface area contributed by atoms with Crippen LogP contribution in [0.2, 0.25) is 0 Å². The van der Waals surface area contributed by atoms with Crippen molar-refractivity contribution in [2.75, 3.05) is 17.7 Å². The number of carbonyl (C=O) groups excluding carboxylic acids is 2. The number of hydrogen-bond acceptors (Lipinski definition) is 5. The molecule has 0 saturated carbocycles. The minimum absolute atomic E-state index is 0.130. The molecule has 3 N–H and O–H groups in total. The Labute approximate surface area is 149 Å². The van der Waals surface area contributed by atoms with E-state index in [1.165, 1.54) is 7.11 Å². The van der Waals surface area contributed by atoms with Gasteiger partial charge in [0.25, 0.3) is 11.1 Å². The van der Waals surface area contributed by atoms with Gasteiger partial charge in [0, 0.05) is 30.3 Å². The normalized spacial score (nSPS) is 10.2. The van der Waals surface area contributed by atoms with Crippen LogP contribution in [0.15, 0.2) is 39.9 Å². The fourth-order valence-electron chi connectivity index (χ4n) is 2.24. The third-order valence-electron chi connectivity index (χ3n) is 3.43. The van der Waals surface area contributed by atoms with Crippen LogP contribution >= 0.6 is 0 Å². The van der Waals surface area contributed by atoms with Gasteiger partial charge < -0.3 is 15.4 Å². The third kappa shape index (κ3) is 5.07. The fourth-order valence-corrected chi connectivity index (χ4v) is 2.24. The predicted octanol–water partition coefficient (Wildman–Crippen LogP) is 0.922. The van der Waals surface area contributed by atoms with Crippen LogP contribution in [0.25, 0.3) is 0 Å². The molecule has 9 nitrogen and oxygen atoms in total. The Morgan fingerprint density at radius 1 is 1.12 bits per heavy atom.